The van der Waals surface area contributed by atoms with E-state index in [9.17, 15) is 4.79 Å². The van der Waals surface area contributed by atoms with Crippen LogP contribution in [0, 0.1) is 6.92 Å². The molecule has 2 heterocycles. The van der Waals surface area contributed by atoms with Gasteiger partial charge < -0.3 is 4.90 Å². The van der Waals surface area contributed by atoms with E-state index in [1.54, 1.807) is 0 Å². The van der Waals surface area contributed by atoms with Gasteiger partial charge in [0.05, 0.1) is 0 Å². The van der Waals surface area contributed by atoms with Gasteiger partial charge in [-0.25, -0.2) is 0 Å². The topological polar surface area (TPSA) is 20.3 Å². The fourth-order valence-corrected chi connectivity index (χ4v) is 3.46. The number of piperidine rings is 1. The lowest BCUT2D eigenvalue weighted by Gasteiger charge is -2.35. The Bertz CT molecular complexity index is 399. The van der Waals surface area contributed by atoms with E-state index in [1.165, 1.54) is 9.75 Å². The van der Waals surface area contributed by atoms with Crippen molar-refractivity contribution >= 4 is 17.2 Å². The van der Waals surface area contributed by atoms with Crippen molar-refractivity contribution in [3.05, 3.63) is 21.9 Å². The molecule has 1 fully saturated rings. The molecule has 0 spiro atoms. The number of hydrogen-bond acceptors (Lipinski definition) is 2. The fourth-order valence-electron chi connectivity index (χ4n) is 2.45. The van der Waals surface area contributed by atoms with Crippen molar-refractivity contribution in [3.8, 4) is 0 Å². The molecule has 94 valence electrons. The van der Waals surface area contributed by atoms with Crippen LogP contribution in [0.1, 0.15) is 48.8 Å². The van der Waals surface area contributed by atoms with E-state index in [-0.39, 0.29) is 0 Å². The van der Waals surface area contributed by atoms with Gasteiger partial charge in [0.1, 0.15) is 0 Å². The van der Waals surface area contributed by atoms with Gasteiger partial charge in [0.2, 0.25) is 5.91 Å². The molecule has 1 aromatic heterocycles. The van der Waals surface area contributed by atoms with Crippen molar-refractivity contribution in [2.45, 2.75) is 52.0 Å². The number of aryl methyl sites for hydroxylation is 1. The molecule has 0 saturated carbocycles. The minimum Gasteiger partial charge on any atom is -0.340 e. The molecule has 2 atom stereocenters. The second kappa shape index (κ2) is 5.21. The van der Waals surface area contributed by atoms with Crippen LogP contribution in [0.15, 0.2) is 12.1 Å². The molecule has 0 aliphatic carbocycles. The highest BCUT2D eigenvalue weighted by molar-refractivity contribution is 7.12. The van der Waals surface area contributed by atoms with E-state index in [0.29, 0.717) is 24.3 Å². The molecule has 1 aliphatic heterocycles. The van der Waals surface area contributed by atoms with Crippen LogP contribution >= 0.6 is 11.3 Å². The van der Waals surface area contributed by atoms with Gasteiger partial charge in [0.15, 0.2) is 0 Å². The van der Waals surface area contributed by atoms with Crippen LogP contribution in [0.4, 0.5) is 0 Å². The highest BCUT2D eigenvalue weighted by Crippen LogP contribution is 2.33. The number of rotatable bonds is 3. The third-order valence-corrected chi connectivity index (χ3v) is 4.91. The number of hydrogen-bond donors (Lipinski definition) is 0. The summed E-state index contributed by atoms with van der Waals surface area (Å²) in [5, 5.41) is 0. The van der Waals surface area contributed by atoms with Crippen LogP contribution in [0.2, 0.25) is 0 Å². The summed E-state index contributed by atoms with van der Waals surface area (Å²) in [4.78, 5) is 16.9. The van der Waals surface area contributed by atoms with Gasteiger partial charge in [-0.15, -0.1) is 11.3 Å². The van der Waals surface area contributed by atoms with Gasteiger partial charge in [-0.05, 0) is 38.8 Å². The predicted octanol–water partition coefficient (Wildman–Crippen LogP) is 3.56. The molecule has 1 amide bonds. The van der Waals surface area contributed by atoms with Gasteiger partial charge in [-0.1, -0.05) is 6.92 Å². The molecule has 0 bridgehead atoms. The molecule has 3 heteroatoms. The van der Waals surface area contributed by atoms with Crippen molar-refractivity contribution in [1.82, 2.24) is 4.90 Å². The van der Waals surface area contributed by atoms with Crippen molar-refractivity contribution in [2.75, 3.05) is 6.54 Å². The first-order chi connectivity index (χ1) is 8.11. The first-order valence-electron chi connectivity index (χ1n) is 6.47. The molecule has 0 radical (unpaired) electrons. The number of amides is 1. The summed E-state index contributed by atoms with van der Waals surface area (Å²) in [5.74, 6) is 0.795. The molecule has 0 N–H and O–H groups in total. The molecule has 2 nitrogen and oxygen atoms in total. The largest absolute Gasteiger partial charge is 0.340 e. The zero-order valence-corrected chi connectivity index (χ0v) is 11.7. The lowest BCUT2D eigenvalue weighted by molar-refractivity contribution is -0.136. The molecule has 0 aromatic carbocycles. The molecular weight excluding hydrogens is 230 g/mol. The molecule has 1 aromatic rings. The first-order valence-corrected chi connectivity index (χ1v) is 7.29. The summed E-state index contributed by atoms with van der Waals surface area (Å²) < 4.78 is 0. The number of nitrogens with zero attached hydrogens (tertiary/aromatic N) is 1. The summed E-state index contributed by atoms with van der Waals surface area (Å²) in [5.41, 5.74) is 0. The van der Waals surface area contributed by atoms with Crippen LogP contribution in [0.5, 0.6) is 0 Å². The highest BCUT2D eigenvalue weighted by atomic mass is 32.1. The summed E-state index contributed by atoms with van der Waals surface area (Å²) in [7, 11) is 0. The Morgan fingerprint density at radius 1 is 1.53 bits per heavy atom. The van der Waals surface area contributed by atoms with Crippen molar-refractivity contribution in [3.63, 3.8) is 0 Å². The van der Waals surface area contributed by atoms with Crippen molar-refractivity contribution < 1.29 is 4.79 Å². The van der Waals surface area contributed by atoms with Crippen LogP contribution < -0.4 is 0 Å². The quantitative estimate of drug-likeness (QED) is 0.804. The normalized spacial score (nSPS) is 22.9. The summed E-state index contributed by atoms with van der Waals surface area (Å²) in [6.07, 6.45) is 2.87. The second-order valence-electron chi connectivity index (χ2n) is 4.98. The average molecular weight is 251 g/mol. The predicted molar refractivity (Wildman–Crippen MR) is 72.5 cm³/mol. The van der Waals surface area contributed by atoms with E-state index >= 15 is 0 Å². The lowest BCUT2D eigenvalue weighted by atomic mass is 9.93. The van der Waals surface area contributed by atoms with Crippen LogP contribution in [0.3, 0.4) is 0 Å². The van der Waals surface area contributed by atoms with Crippen molar-refractivity contribution in [1.29, 1.82) is 0 Å². The molecule has 2 unspecified atom stereocenters. The third kappa shape index (κ3) is 2.71. The maximum atomic E-state index is 12.1. The Kier molecular flexibility index (Phi) is 3.87. The Morgan fingerprint density at radius 2 is 2.29 bits per heavy atom. The van der Waals surface area contributed by atoms with E-state index < -0.39 is 0 Å². The second-order valence-corrected chi connectivity index (χ2v) is 6.30. The third-order valence-electron chi connectivity index (χ3n) is 3.75. The van der Waals surface area contributed by atoms with Crippen LogP contribution in [0.25, 0.3) is 0 Å². The van der Waals surface area contributed by atoms with Gasteiger partial charge >= 0.3 is 0 Å². The van der Waals surface area contributed by atoms with Crippen molar-refractivity contribution in [2.24, 2.45) is 0 Å². The Labute approximate surface area is 108 Å². The van der Waals surface area contributed by atoms with E-state index in [4.69, 9.17) is 0 Å². The zero-order valence-electron chi connectivity index (χ0n) is 10.9. The lowest BCUT2D eigenvalue weighted by Crippen LogP contribution is -2.43. The van der Waals surface area contributed by atoms with Gasteiger partial charge in [0, 0.05) is 34.7 Å². The smallest absolute Gasteiger partial charge is 0.223 e. The minimum absolute atomic E-state index is 0.335. The average Bonchev–Trinajstić information content (AvgIpc) is 2.75. The first kappa shape index (κ1) is 12.6. The Balaban J connectivity index is 2.02. The Hall–Kier alpha value is -0.830. The van der Waals surface area contributed by atoms with Crippen LogP contribution in [-0.4, -0.2) is 23.4 Å². The van der Waals surface area contributed by atoms with Crippen LogP contribution in [-0.2, 0) is 4.79 Å². The number of carbonyl (C=O) groups is 1. The minimum atomic E-state index is 0.335. The van der Waals surface area contributed by atoms with Gasteiger partial charge in [0.25, 0.3) is 0 Å². The monoisotopic (exact) mass is 251 g/mol. The van der Waals surface area contributed by atoms with Gasteiger partial charge in [-0.3, -0.25) is 4.79 Å². The summed E-state index contributed by atoms with van der Waals surface area (Å²) >= 11 is 1.84. The maximum Gasteiger partial charge on any atom is 0.223 e. The number of carbonyl (C=O) groups excluding carboxylic acids is 1. The highest BCUT2D eigenvalue weighted by Gasteiger charge is 2.29. The molecule has 2 rings (SSSR count). The number of thiophene rings is 1. The van der Waals surface area contributed by atoms with Gasteiger partial charge in [-0.2, -0.15) is 0 Å². The van der Waals surface area contributed by atoms with E-state index in [2.05, 4.69) is 37.8 Å². The summed E-state index contributed by atoms with van der Waals surface area (Å²) in [6, 6.07) is 4.75. The standard InChI is InChI=1S/C14H21NOS/c1-4-10(2)15-8-7-12(9-14(15)16)13-6-5-11(3)17-13/h5-6,10,12H,4,7-9H2,1-3H3. The molecular formula is C14H21NOS. The Morgan fingerprint density at radius 3 is 2.82 bits per heavy atom. The summed E-state index contributed by atoms with van der Waals surface area (Å²) in [6.45, 7) is 7.35. The zero-order chi connectivity index (χ0) is 12.4. The molecule has 1 aliphatic rings. The number of likely N-dealkylation sites (tertiary alicyclic amines) is 1. The molecule has 1 saturated heterocycles. The molecule has 17 heavy (non-hydrogen) atoms. The maximum absolute atomic E-state index is 12.1. The van der Waals surface area contributed by atoms with E-state index in [0.717, 1.165) is 19.4 Å². The van der Waals surface area contributed by atoms with E-state index in [1.807, 2.05) is 11.3 Å². The fraction of sp³-hybridized carbons (Fsp3) is 0.643. The SMILES string of the molecule is CCC(C)N1CCC(c2ccc(C)s2)CC1=O.